The average molecular weight is 224 g/mol. The van der Waals surface area contributed by atoms with Crippen molar-refractivity contribution >= 4 is 5.91 Å². The summed E-state index contributed by atoms with van der Waals surface area (Å²) in [6, 6.07) is 0.186. The second-order valence-electron chi connectivity index (χ2n) is 4.81. The highest BCUT2D eigenvalue weighted by atomic mass is 16.2. The second-order valence-corrected chi connectivity index (χ2v) is 4.81. The fraction of sp³-hybridized carbons (Fsp3) is 0.769. The second kappa shape index (κ2) is 6.04. The summed E-state index contributed by atoms with van der Waals surface area (Å²) in [5.74, 6) is 0.652. The highest BCUT2D eigenvalue weighted by Crippen LogP contribution is 2.20. The largest absolute Gasteiger partial charge is 0.339 e. The zero-order chi connectivity index (χ0) is 12.1. The van der Waals surface area contributed by atoms with Crippen LogP contribution in [0.4, 0.5) is 0 Å². The molecule has 0 aromatic heterocycles. The molecule has 3 heteroatoms. The lowest BCUT2D eigenvalue weighted by Gasteiger charge is -2.34. The van der Waals surface area contributed by atoms with Crippen LogP contribution in [0.15, 0.2) is 11.6 Å². The number of nitrogens with zero attached hydrogens (tertiary/aromatic N) is 1. The molecule has 0 bridgehead atoms. The van der Waals surface area contributed by atoms with Gasteiger partial charge in [0.1, 0.15) is 0 Å². The van der Waals surface area contributed by atoms with Crippen LogP contribution in [0.3, 0.4) is 0 Å². The lowest BCUT2D eigenvalue weighted by Crippen LogP contribution is -2.45. The number of carbonyl (C=O) groups is 1. The summed E-state index contributed by atoms with van der Waals surface area (Å²) in [6.07, 6.45) is 5.15. The Morgan fingerprint density at radius 3 is 2.88 bits per heavy atom. The van der Waals surface area contributed by atoms with E-state index in [1.165, 1.54) is 0 Å². The van der Waals surface area contributed by atoms with Crippen molar-refractivity contribution in [1.29, 1.82) is 0 Å². The molecule has 2 atom stereocenters. The molecule has 0 aromatic rings. The number of allylic oxidation sites excluding steroid dienone is 1. The first-order valence-electron chi connectivity index (χ1n) is 6.27. The molecule has 0 radical (unpaired) electrons. The van der Waals surface area contributed by atoms with Gasteiger partial charge in [0.25, 0.3) is 0 Å². The van der Waals surface area contributed by atoms with E-state index in [1.54, 1.807) is 0 Å². The van der Waals surface area contributed by atoms with Gasteiger partial charge in [-0.1, -0.05) is 13.0 Å². The highest BCUT2D eigenvalue weighted by Gasteiger charge is 2.25. The van der Waals surface area contributed by atoms with Gasteiger partial charge in [0.05, 0.1) is 0 Å². The summed E-state index contributed by atoms with van der Waals surface area (Å²) < 4.78 is 0. The molecule has 1 aliphatic heterocycles. The summed E-state index contributed by atoms with van der Waals surface area (Å²) in [4.78, 5) is 14.0. The molecule has 0 aliphatic carbocycles. The summed E-state index contributed by atoms with van der Waals surface area (Å²) >= 11 is 0. The van der Waals surface area contributed by atoms with Crippen molar-refractivity contribution in [3.05, 3.63) is 11.6 Å². The number of carbonyl (C=O) groups excluding carboxylic acids is 1. The Kier molecular flexibility index (Phi) is 5.00. The Hall–Kier alpha value is -0.830. The van der Waals surface area contributed by atoms with Crippen LogP contribution < -0.4 is 5.73 Å². The van der Waals surface area contributed by atoms with E-state index in [-0.39, 0.29) is 11.9 Å². The number of nitrogens with two attached hydrogens (primary N) is 1. The van der Waals surface area contributed by atoms with Crippen LogP contribution in [0.25, 0.3) is 0 Å². The number of piperidine rings is 1. The lowest BCUT2D eigenvalue weighted by atomic mass is 9.92. The smallest absolute Gasteiger partial charge is 0.249 e. The Labute approximate surface area is 98.7 Å². The van der Waals surface area contributed by atoms with Gasteiger partial charge in [0.15, 0.2) is 0 Å². The maximum absolute atomic E-state index is 12.1. The quantitative estimate of drug-likeness (QED) is 0.745. The molecule has 0 saturated carbocycles. The van der Waals surface area contributed by atoms with Gasteiger partial charge in [-0.15, -0.1) is 0 Å². The third kappa shape index (κ3) is 3.34. The molecular weight excluding hydrogens is 200 g/mol. The minimum absolute atomic E-state index is 0.186. The molecule has 2 unspecified atom stereocenters. The van der Waals surface area contributed by atoms with Crippen LogP contribution in [0.2, 0.25) is 0 Å². The number of hydrogen-bond donors (Lipinski definition) is 1. The fourth-order valence-electron chi connectivity index (χ4n) is 2.27. The normalized spacial score (nSPS) is 24.4. The number of amides is 1. The van der Waals surface area contributed by atoms with Crippen LogP contribution >= 0.6 is 0 Å². The number of rotatable bonds is 3. The summed E-state index contributed by atoms with van der Waals surface area (Å²) in [5.41, 5.74) is 6.78. The van der Waals surface area contributed by atoms with Gasteiger partial charge in [-0.3, -0.25) is 4.79 Å². The van der Waals surface area contributed by atoms with Gasteiger partial charge in [-0.2, -0.15) is 0 Å². The van der Waals surface area contributed by atoms with E-state index in [0.717, 1.165) is 37.9 Å². The van der Waals surface area contributed by atoms with Gasteiger partial charge in [0, 0.05) is 24.7 Å². The SMILES string of the molecule is CC/C=C(\C)C(=O)N1CCCC(C(C)N)C1. The molecule has 1 saturated heterocycles. The molecule has 16 heavy (non-hydrogen) atoms. The van der Waals surface area contributed by atoms with Crippen LogP contribution in [0.5, 0.6) is 0 Å². The fourth-order valence-corrected chi connectivity index (χ4v) is 2.27. The number of hydrogen-bond acceptors (Lipinski definition) is 2. The first kappa shape index (κ1) is 13.2. The summed E-state index contributed by atoms with van der Waals surface area (Å²) in [6.45, 7) is 7.70. The van der Waals surface area contributed by atoms with Crippen LogP contribution in [-0.4, -0.2) is 29.9 Å². The van der Waals surface area contributed by atoms with Gasteiger partial charge >= 0.3 is 0 Å². The zero-order valence-corrected chi connectivity index (χ0v) is 10.7. The molecule has 1 rings (SSSR count). The van der Waals surface area contributed by atoms with Gasteiger partial charge < -0.3 is 10.6 Å². The van der Waals surface area contributed by atoms with Gasteiger partial charge in [-0.05, 0) is 39.0 Å². The summed E-state index contributed by atoms with van der Waals surface area (Å²) in [7, 11) is 0. The van der Waals surface area contributed by atoms with E-state index in [2.05, 4.69) is 6.92 Å². The van der Waals surface area contributed by atoms with E-state index in [1.807, 2.05) is 24.8 Å². The van der Waals surface area contributed by atoms with Crippen LogP contribution in [0.1, 0.15) is 40.0 Å². The Morgan fingerprint density at radius 2 is 2.31 bits per heavy atom. The van der Waals surface area contributed by atoms with Crippen molar-refractivity contribution in [2.24, 2.45) is 11.7 Å². The van der Waals surface area contributed by atoms with Crippen molar-refractivity contribution in [2.45, 2.75) is 46.1 Å². The minimum Gasteiger partial charge on any atom is -0.339 e. The molecule has 0 spiro atoms. The minimum atomic E-state index is 0.186. The van der Waals surface area contributed by atoms with Crippen LogP contribution in [0, 0.1) is 5.92 Å². The predicted molar refractivity (Wildman–Crippen MR) is 67.0 cm³/mol. The molecule has 1 aliphatic rings. The monoisotopic (exact) mass is 224 g/mol. The van der Waals surface area contributed by atoms with E-state index in [9.17, 15) is 4.79 Å². The predicted octanol–water partition coefficient (Wildman–Crippen LogP) is 1.93. The Balaban J connectivity index is 2.60. The maximum atomic E-state index is 12.1. The molecule has 3 nitrogen and oxygen atoms in total. The van der Waals surface area contributed by atoms with E-state index < -0.39 is 0 Å². The van der Waals surface area contributed by atoms with E-state index in [0.29, 0.717) is 5.92 Å². The topological polar surface area (TPSA) is 46.3 Å². The first-order chi connectivity index (χ1) is 7.56. The van der Waals surface area contributed by atoms with E-state index >= 15 is 0 Å². The molecule has 92 valence electrons. The molecule has 0 aromatic carbocycles. The van der Waals surface area contributed by atoms with Crippen molar-refractivity contribution in [2.75, 3.05) is 13.1 Å². The third-order valence-corrected chi connectivity index (χ3v) is 3.34. The molecular formula is C13H24N2O. The molecule has 2 N–H and O–H groups in total. The van der Waals surface area contributed by atoms with Crippen molar-refractivity contribution in [1.82, 2.24) is 4.90 Å². The van der Waals surface area contributed by atoms with Crippen molar-refractivity contribution in [3.63, 3.8) is 0 Å². The molecule has 1 fully saturated rings. The Morgan fingerprint density at radius 1 is 1.62 bits per heavy atom. The van der Waals surface area contributed by atoms with Crippen molar-refractivity contribution in [3.8, 4) is 0 Å². The van der Waals surface area contributed by atoms with Crippen molar-refractivity contribution < 1.29 is 4.79 Å². The standard InChI is InChI=1S/C13H24N2O/c1-4-6-10(2)13(16)15-8-5-7-12(9-15)11(3)14/h6,11-12H,4-5,7-9,14H2,1-3H3/b10-6+. The molecule has 1 heterocycles. The van der Waals surface area contributed by atoms with Gasteiger partial charge in [-0.25, -0.2) is 0 Å². The Bertz CT molecular complexity index is 271. The summed E-state index contributed by atoms with van der Waals surface area (Å²) in [5, 5.41) is 0. The average Bonchev–Trinajstić information content (AvgIpc) is 2.28. The van der Waals surface area contributed by atoms with Crippen LogP contribution in [-0.2, 0) is 4.79 Å². The number of likely N-dealkylation sites (tertiary alicyclic amines) is 1. The van der Waals surface area contributed by atoms with Gasteiger partial charge in [0.2, 0.25) is 5.91 Å². The highest BCUT2D eigenvalue weighted by molar-refractivity contribution is 5.92. The molecule has 1 amide bonds. The zero-order valence-electron chi connectivity index (χ0n) is 10.7. The third-order valence-electron chi connectivity index (χ3n) is 3.34. The maximum Gasteiger partial charge on any atom is 0.249 e. The lowest BCUT2D eigenvalue weighted by molar-refractivity contribution is -0.129. The van der Waals surface area contributed by atoms with E-state index in [4.69, 9.17) is 5.73 Å². The first-order valence-corrected chi connectivity index (χ1v) is 6.27.